The summed E-state index contributed by atoms with van der Waals surface area (Å²) < 4.78 is 5.02. The van der Waals surface area contributed by atoms with Crippen molar-refractivity contribution in [1.29, 1.82) is 0 Å². The quantitative estimate of drug-likeness (QED) is 0.410. The van der Waals surface area contributed by atoms with Crippen LogP contribution in [0.5, 0.6) is 0 Å². The van der Waals surface area contributed by atoms with Crippen molar-refractivity contribution in [2.45, 2.75) is 13.8 Å². The summed E-state index contributed by atoms with van der Waals surface area (Å²) in [6.07, 6.45) is 0. The third-order valence-corrected chi connectivity index (χ3v) is 4.01. The number of nitro groups is 1. The summed E-state index contributed by atoms with van der Waals surface area (Å²) in [4.78, 5) is 43.0. The Morgan fingerprint density at radius 3 is 2.32 bits per heavy atom. The van der Waals surface area contributed by atoms with Crippen LogP contribution in [0.1, 0.15) is 21.7 Å². The van der Waals surface area contributed by atoms with Crippen LogP contribution in [-0.4, -0.2) is 33.4 Å². The molecule has 0 aliphatic rings. The molecule has 0 saturated carbocycles. The number of amides is 1. The van der Waals surface area contributed by atoms with Gasteiger partial charge < -0.3 is 10.1 Å². The number of esters is 1. The number of benzene rings is 2. The fraction of sp³-hybridized carbons (Fsp3) is 0.158. The first-order valence-electron chi connectivity index (χ1n) is 8.30. The number of aromatic nitrogens is 2. The van der Waals surface area contributed by atoms with Crippen LogP contribution in [0.25, 0.3) is 11.0 Å². The SMILES string of the molecule is Cc1nc2ccc(C(=O)OCC(=O)Nc3ccc([N+](=O)[O-])cc3)cc2nc1C. The minimum atomic E-state index is -0.666. The monoisotopic (exact) mass is 380 g/mol. The maximum atomic E-state index is 12.2. The van der Waals surface area contributed by atoms with E-state index in [1.807, 2.05) is 13.8 Å². The van der Waals surface area contributed by atoms with E-state index in [-0.39, 0.29) is 11.3 Å². The molecule has 0 aliphatic heterocycles. The molecule has 3 aromatic rings. The molecule has 28 heavy (non-hydrogen) atoms. The standard InChI is InChI=1S/C19H16N4O5/c1-11-12(2)21-17-9-13(3-8-16(17)20-11)19(25)28-10-18(24)22-14-4-6-15(7-5-14)23(26)27/h3-9H,10H2,1-2H3,(H,22,24). The number of rotatable bonds is 5. The fourth-order valence-electron chi connectivity index (χ4n) is 2.44. The number of anilines is 1. The number of non-ortho nitro benzene ring substituents is 1. The van der Waals surface area contributed by atoms with E-state index in [0.29, 0.717) is 16.7 Å². The maximum Gasteiger partial charge on any atom is 0.338 e. The second kappa shape index (κ2) is 7.78. The van der Waals surface area contributed by atoms with Gasteiger partial charge in [0.15, 0.2) is 6.61 Å². The molecule has 0 aliphatic carbocycles. The van der Waals surface area contributed by atoms with Crippen LogP contribution in [-0.2, 0) is 9.53 Å². The molecular formula is C19H16N4O5. The Kier molecular flexibility index (Phi) is 5.25. The van der Waals surface area contributed by atoms with Crippen LogP contribution < -0.4 is 5.32 Å². The maximum absolute atomic E-state index is 12.2. The van der Waals surface area contributed by atoms with Gasteiger partial charge in [0.2, 0.25) is 0 Å². The number of ether oxygens (including phenoxy) is 1. The van der Waals surface area contributed by atoms with Crippen molar-refractivity contribution in [3.63, 3.8) is 0 Å². The number of hydrogen-bond donors (Lipinski definition) is 1. The largest absolute Gasteiger partial charge is 0.452 e. The fourth-order valence-corrected chi connectivity index (χ4v) is 2.44. The second-order valence-electron chi connectivity index (χ2n) is 6.03. The van der Waals surface area contributed by atoms with Gasteiger partial charge in [-0.2, -0.15) is 0 Å². The Morgan fingerprint density at radius 1 is 1.04 bits per heavy atom. The summed E-state index contributed by atoms with van der Waals surface area (Å²) in [5.74, 6) is -1.23. The summed E-state index contributed by atoms with van der Waals surface area (Å²) in [7, 11) is 0. The molecule has 0 atom stereocenters. The molecule has 0 radical (unpaired) electrons. The lowest BCUT2D eigenvalue weighted by Crippen LogP contribution is -2.20. The highest BCUT2D eigenvalue weighted by Crippen LogP contribution is 2.16. The number of carbonyl (C=O) groups excluding carboxylic acids is 2. The molecule has 3 rings (SSSR count). The lowest BCUT2D eigenvalue weighted by molar-refractivity contribution is -0.384. The van der Waals surface area contributed by atoms with E-state index in [1.165, 1.54) is 24.3 Å². The van der Waals surface area contributed by atoms with E-state index in [9.17, 15) is 19.7 Å². The Morgan fingerprint density at radius 2 is 1.68 bits per heavy atom. The van der Waals surface area contributed by atoms with Gasteiger partial charge in [-0.25, -0.2) is 14.8 Å². The summed E-state index contributed by atoms with van der Waals surface area (Å²) in [5, 5.41) is 13.1. The molecule has 1 heterocycles. The average molecular weight is 380 g/mol. The van der Waals surface area contributed by atoms with Crippen LogP contribution in [0.3, 0.4) is 0 Å². The van der Waals surface area contributed by atoms with Gasteiger partial charge in [0, 0.05) is 17.8 Å². The zero-order valence-electron chi connectivity index (χ0n) is 15.1. The first-order chi connectivity index (χ1) is 13.3. The lowest BCUT2D eigenvalue weighted by Gasteiger charge is -2.07. The van der Waals surface area contributed by atoms with Crippen LogP contribution in [0, 0.1) is 24.0 Å². The van der Waals surface area contributed by atoms with Gasteiger partial charge in [0.1, 0.15) is 0 Å². The second-order valence-corrected chi connectivity index (χ2v) is 6.03. The number of fused-ring (bicyclic) bond motifs is 1. The molecule has 1 aromatic heterocycles. The van der Waals surface area contributed by atoms with Crippen molar-refractivity contribution < 1.29 is 19.2 Å². The first kappa shape index (κ1) is 18.9. The predicted octanol–water partition coefficient (Wildman–Crippen LogP) is 2.95. The molecule has 0 fully saturated rings. The molecule has 9 nitrogen and oxygen atoms in total. The highest BCUT2D eigenvalue weighted by Gasteiger charge is 2.13. The van der Waals surface area contributed by atoms with E-state index in [4.69, 9.17) is 4.74 Å². The number of aryl methyl sites for hydroxylation is 2. The molecule has 1 amide bonds. The predicted molar refractivity (Wildman–Crippen MR) is 101 cm³/mol. The summed E-state index contributed by atoms with van der Waals surface area (Å²) in [6.45, 7) is 3.19. The van der Waals surface area contributed by atoms with Crippen molar-refractivity contribution in [3.05, 3.63) is 69.5 Å². The Labute approximate surface area is 159 Å². The Balaban J connectivity index is 1.61. The molecule has 0 bridgehead atoms. The van der Waals surface area contributed by atoms with E-state index in [0.717, 1.165) is 11.4 Å². The van der Waals surface area contributed by atoms with E-state index < -0.39 is 23.4 Å². The third-order valence-electron chi connectivity index (χ3n) is 4.01. The van der Waals surface area contributed by atoms with E-state index >= 15 is 0 Å². The normalized spacial score (nSPS) is 10.5. The van der Waals surface area contributed by atoms with Gasteiger partial charge in [0.25, 0.3) is 11.6 Å². The molecule has 1 N–H and O–H groups in total. The average Bonchev–Trinajstić information content (AvgIpc) is 2.67. The highest BCUT2D eigenvalue weighted by atomic mass is 16.6. The van der Waals surface area contributed by atoms with E-state index in [2.05, 4.69) is 15.3 Å². The van der Waals surface area contributed by atoms with Crippen molar-refractivity contribution >= 4 is 34.3 Å². The summed E-state index contributed by atoms with van der Waals surface area (Å²) in [5.41, 5.74) is 3.33. The molecule has 0 spiro atoms. The topological polar surface area (TPSA) is 124 Å². The number of nitrogens with one attached hydrogen (secondary N) is 1. The number of nitrogens with zero attached hydrogens (tertiary/aromatic N) is 3. The minimum absolute atomic E-state index is 0.0886. The van der Waals surface area contributed by atoms with Crippen molar-refractivity contribution in [2.75, 3.05) is 11.9 Å². The Hall–Kier alpha value is -3.88. The van der Waals surface area contributed by atoms with Crippen molar-refractivity contribution in [1.82, 2.24) is 9.97 Å². The van der Waals surface area contributed by atoms with Gasteiger partial charge in [-0.1, -0.05) is 0 Å². The number of hydrogen-bond acceptors (Lipinski definition) is 7. The molecular weight excluding hydrogens is 364 g/mol. The van der Waals surface area contributed by atoms with Gasteiger partial charge in [-0.15, -0.1) is 0 Å². The lowest BCUT2D eigenvalue weighted by atomic mass is 10.2. The van der Waals surface area contributed by atoms with Crippen molar-refractivity contribution in [2.24, 2.45) is 0 Å². The Bertz CT molecular complexity index is 1080. The van der Waals surface area contributed by atoms with Gasteiger partial charge in [0.05, 0.1) is 32.9 Å². The van der Waals surface area contributed by atoms with Crippen LogP contribution >= 0.6 is 0 Å². The molecule has 2 aromatic carbocycles. The molecule has 9 heteroatoms. The third kappa shape index (κ3) is 4.26. The van der Waals surface area contributed by atoms with Crippen molar-refractivity contribution in [3.8, 4) is 0 Å². The zero-order valence-corrected chi connectivity index (χ0v) is 15.1. The minimum Gasteiger partial charge on any atom is -0.452 e. The van der Waals surface area contributed by atoms with Crippen LogP contribution in [0.2, 0.25) is 0 Å². The smallest absolute Gasteiger partial charge is 0.338 e. The van der Waals surface area contributed by atoms with Gasteiger partial charge >= 0.3 is 5.97 Å². The van der Waals surface area contributed by atoms with E-state index in [1.54, 1.807) is 18.2 Å². The molecule has 142 valence electrons. The molecule has 0 unspecified atom stereocenters. The summed E-state index contributed by atoms with van der Waals surface area (Å²) >= 11 is 0. The van der Waals surface area contributed by atoms with Crippen LogP contribution in [0.4, 0.5) is 11.4 Å². The first-order valence-corrected chi connectivity index (χ1v) is 8.30. The molecule has 0 saturated heterocycles. The zero-order chi connectivity index (χ0) is 20.3. The summed E-state index contributed by atoms with van der Waals surface area (Å²) in [6, 6.07) is 10.1. The van der Waals surface area contributed by atoms with Crippen LogP contribution in [0.15, 0.2) is 42.5 Å². The highest BCUT2D eigenvalue weighted by molar-refractivity contribution is 5.97. The van der Waals surface area contributed by atoms with Gasteiger partial charge in [-0.05, 0) is 44.2 Å². The number of nitro benzene ring substituents is 1. The number of carbonyl (C=O) groups is 2. The van der Waals surface area contributed by atoms with Gasteiger partial charge in [-0.3, -0.25) is 14.9 Å².